The largest absolute Gasteiger partial charge is 0.352 e. The van der Waals surface area contributed by atoms with E-state index in [-0.39, 0.29) is 0 Å². The van der Waals surface area contributed by atoms with Crippen LogP contribution in [0.5, 0.6) is 0 Å². The van der Waals surface area contributed by atoms with Gasteiger partial charge in [0.1, 0.15) is 0 Å². The fourth-order valence-electron chi connectivity index (χ4n) is 0.0450. The molecular weight excluding hydrogens is 144 g/mol. The number of nitrogens with one attached hydrogen (secondary N) is 1. The number of urea groups is 2. The maximum absolute atomic E-state index is 9.43. The molecule has 8 heteroatoms. The second-order valence-corrected chi connectivity index (χ2v) is 0.960. The third kappa shape index (κ3) is 90.3. The molecule has 0 atom stereocenters. The third-order valence-electron chi connectivity index (χ3n) is 0.146. The first kappa shape index (κ1) is 11.3. The van der Waals surface area contributed by atoms with E-state index in [2.05, 4.69) is 22.2 Å². The molecule has 0 aliphatic rings. The average molecular weight is 152 g/mol. The molecule has 4 amide bonds. The summed E-state index contributed by atoms with van der Waals surface area (Å²) in [5.74, 6) is 0. The predicted octanol–water partition coefficient (Wildman–Crippen LogP) is -1.92. The lowest BCUT2D eigenvalue weighted by Crippen LogP contribution is -2.27. The number of hydrogen-bond acceptors (Lipinski definition) is 4. The van der Waals surface area contributed by atoms with E-state index >= 15 is 0 Å². The van der Waals surface area contributed by atoms with E-state index in [0.717, 1.165) is 0 Å². The minimum absolute atomic E-state index is 0.833. The molecule has 10 heavy (non-hydrogen) atoms. The standard InChI is InChI=1S/CH4N2O3.CH4N2O/c2-1(4)3-6-5;2-1(3)4/h5H,(H3,2,3,4);(H4,2,3,4). The number of rotatable bonds is 1. The number of carbonyl (C=O) groups is 2. The van der Waals surface area contributed by atoms with Crippen molar-refractivity contribution in [3.8, 4) is 0 Å². The molecule has 0 rings (SSSR count). The van der Waals surface area contributed by atoms with Crippen molar-refractivity contribution in [1.82, 2.24) is 5.48 Å². The molecule has 0 aromatic rings. The minimum atomic E-state index is -0.933. The van der Waals surface area contributed by atoms with Crippen molar-refractivity contribution >= 4 is 12.1 Å². The molecule has 0 aromatic heterocycles. The van der Waals surface area contributed by atoms with Crippen LogP contribution in [0.4, 0.5) is 9.59 Å². The number of amides is 4. The van der Waals surface area contributed by atoms with E-state index in [4.69, 9.17) is 10.1 Å². The summed E-state index contributed by atoms with van der Waals surface area (Å²) in [5.41, 5.74) is 14.3. The molecule has 0 bridgehead atoms. The molecule has 0 unspecified atom stereocenters. The molecule has 0 saturated carbocycles. The highest BCUT2D eigenvalue weighted by Gasteiger charge is 1.81. The van der Waals surface area contributed by atoms with Gasteiger partial charge in [0.2, 0.25) is 0 Å². The van der Waals surface area contributed by atoms with Gasteiger partial charge in [0.15, 0.2) is 0 Å². The first-order chi connectivity index (χ1) is 4.50. The summed E-state index contributed by atoms with van der Waals surface area (Å²) in [6.45, 7) is 0. The fourth-order valence-corrected chi connectivity index (χ4v) is 0.0450. The Morgan fingerprint density at radius 2 is 1.60 bits per heavy atom. The van der Waals surface area contributed by atoms with Crippen LogP contribution in [0.2, 0.25) is 0 Å². The topological polar surface area (TPSA) is 154 Å². The first-order valence-corrected chi connectivity index (χ1v) is 1.91. The Labute approximate surface area is 55.8 Å². The molecule has 0 spiro atoms. The molecule has 8 N–H and O–H groups in total. The normalized spacial score (nSPS) is 6.90. The summed E-state index contributed by atoms with van der Waals surface area (Å²) < 4.78 is 0. The van der Waals surface area contributed by atoms with Crippen molar-refractivity contribution in [3.05, 3.63) is 0 Å². The number of hydrogen-bond donors (Lipinski definition) is 5. The summed E-state index contributed by atoms with van der Waals surface area (Å²) in [6, 6.07) is -1.77. The lowest BCUT2D eigenvalue weighted by molar-refractivity contribution is -0.276. The van der Waals surface area contributed by atoms with E-state index < -0.39 is 12.1 Å². The Morgan fingerprint density at radius 1 is 1.30 bits per heavy atom. The van der Waals surface area contributed by atoms with Crippen LogP contribution in [0.1, 0.15) is 0 Å². The van der Waals surface area contributed by atoms with Crippen molar-refractivity contribution in [2.75, 3.05) is 0 Å². The number of hydroxylamine groups is 1. The molecule has 0 radical (unpaired) electrons. The van der Waals surface area contributed by atoms with Crippen LogP contribution in [0.3, 0.4) is 0 Å². The predicted molar refractivity (Wildman–Crippen MR) is 30.2 cm³/mol. The summed E-state index contributed by atoms with van der Waals surface area (Å²) in [6.07, 6.45) is 0. The van der Waals surface area contributed by atoms with Crippen LogP contribution in [-0.2, 0) is 4.99 Å². The molecular formula is C2H8N4O4. The van der Waals surface area contributed by atoms with Gasteiger partial charge < -0.3 is 17.2 Å². The van der Waals surface area contributed by atoms with Crippen LogP contribution < -0.4 is 22.7 Å². The highest BCUT2D eigenvalue weighted by atomic mass is 17.2. The quantitative estimate of drug-likeness (QED) is 0.219. The highest BCUT2D eigenvalue weighted by Crippen LogP contribution is 1.48. The van der Waals surface area contributed by atoms with Gasteiger partial charge in [-0.2, -0.15) is 5.48 Å². The van der Waals surface area contributed by atoms with Crippen LogP contribution in [0, 0.1) is 0 Å². The molecule has 0 aliphatic carbocycles. The van der Waals surface area contributed by atoms with Crippen LogP contribution >= 0.6 is 0 Å². The Hall–Kier alpha value is -1.54. The van der Waals surface area contributed by atoms with Gasteiger partial charge in [-0.15, -0.1) is 4.99 Å². The zero-order valence-electron chi connectivity index (χ0n) is 4.90. The van der Waals surface area contributed by atoms with Crippen LogP contribution in [0.25, 0.3) is 0 Å². The van der Waals surface area contributed by atoms with E-state index in [1.54, 1.807) is 0 Å². The van der Waals surface area contributed by atoms with Gasteiger partial charge in [0.05, 0.1) is 0 Å². The maximum Gasteiger partial charge on any atom is 0.338 e. The maximum atomic E-state index is 9.43. The summed E-state index contributed by atoms with van der Waals surface area (Å²) in [7, 11) is 0. The zero-order chi connectivity index (χ0) is 8.57. The average Bonchev–Trinajstić information content (AvgIpc) is 1.62. The second kappa shape index (κ2) is 7.46. The Morgan fingerprint density at radius 3 is 1.60 bits per heavy atom. The molecule has 0 saturated heterocycles. The van der Waals surface area contributed by atoms with Crippen molar-refractivity contribution < 1.29 is 19.8 Å². The Bertz CT molecular complexity index is 110. The van der Waals surface area contributed by atoms with Crippen molar-refractivity contribution in [2.24, 2.45) is 17.2 Å². The number of carbonyl (C=O) groups excluding carboxylic acids is 2. The summed E-state index contributed by atoms with van der Waals surface area (Å²) in [4.78, 5) is 21.5. The van der Waals surface area contributed by atoms with Gasteiger partial charge in [0, 0.05) is 0 Å². The summed E-state index contributed by atoms with van der Waals surface area (Å²) in [5, 5.41) is 7.32. The van der Waals surface area contributed by atoms with E-state index in [0.29, 0.717) is 0 Å². The van der Waals surface area contributed by atoms with Gasteiger partial charge in [-0.05, 0) is 0 Å². The molecule has 60 valence electrons. The lowest BCUT2D eigenvalue weighted by Gasteiger charge is -1.87. The van der Waals surface area contributed by atoms with Gasteiger partial charge in [-0.25, -0.2) is 14.8 Å². The first-order valence-electron chi connectivity index (χ1n) is 1.91. The van der Waals surface area contributed by atoms with Gasteiger partial charge >= 0.3 is 12.1 Å². The number of nitrogens with two attached hydrogens (primary N) is 3. The Balaban J connectivity index is 0. The van der Waals surface area contributed by atoms with Crippen molar-refractivity contribution in [1.29, 1.82) is 0 Å². The highest BCUT2D eigenvalue weighted by molar-refractivity contribution is 5.70. The third-order valence-corrected chi connectivity index (χ3v) is 0.146. The smallest absolute Gasteiger partial charge is 0.338 e. The molecule has 0 aliphatic heterocycles. The second-order valence-electron chi connectivity index (χ2n) is 0.960. The van der Waals surface area contributed by atoms with Crippen molar-refractivity contribution in [2.45, 2.75) is 0 Å². The minimum Gasteiger partial charge on any atom is -0.352 e. The molecule has 8 nitrogen and oxygen atoms in total. The Kier molecular flexibility index (Phi) is 8.42. The van der Waals surface area contributed by atoms with E-state index in [1.165, 1.54) is 5.48 Å². The molecule has 0 heterocycles. The summed E-state index contributed by atoms with van der Waals surface area (Å²) >= 11 is 0. The van der Waals surface area contributed by atoms with Gasteiger partial charge in [-0.1, -0.05) is 0 Å². The van der Waals surface area contributed by atoms with Gasteiger partial charge in [-0.3, -0.25) is 0 Å². The SMILES string of the molecule is NC(=O)NOO.NC(N)=O. The van der Waals surface area contributed by atoms with E-state index in [9.17, 15) is 4.79 Å². The van der Waals surface area contributed by atoms with Crippen LogP contribution in [-0.4, -0.2) is 17.3 Å². The zero-order valence-corrected chi connectivity index (χ0v) is 4.90. The monoisotopic (exact) mass is 152 g/mol. The molecule has 0 aromatic carbocycles. The van der Waals surface area contributed by atoms with Crippen molar-refractivity contribution in [3.63, 3.8) is 0 Å². The van der Waals surface area contributed by atoms with E-state index in [1.807, 2.05) is 0 Å². The molecule has 0 fully saturated rings. The fraction of sp³-hybridized carbons (Fsp3) is 0. The number of primary amides is 3. The van der Waals surface area contributed by atoms with Gasteiger partial charge in [0.25, 0.3) is 0 Å². The van der Waals surface area contributed by atoms with Crippen LogP contribution in [0.15, 0.2) is 0 Å². The lowest BCUT2D eigenvalue weighted by atomic mass is 11.2.